The highest BCUT2D eigenvalue weighted by Crippen LogP contribution is 2.52. The number of carbonyl (C=O) groups is 1. The van der Waals surface area contributed by atoms with Crippen LogP contribution in [0.4, 0.5) is 0 Å². The molecule has 3 aromatic rings. The van der Waals surface area contributed by atoms with Crippen LogP contribution in [0.2, 0.25) is 0 Å². The van der Waals surface area contributed by atoms with E-state index in [2.05, 4.69) is 48.2 Å². The highest BCUT2D eigenvalue weighted by molar-refractivity contribution is 5.97. The lowest BCUT2D eigenvalue weighted by Crippen LogP contribution is -2.46. The topological polar surface area (TPSA) is 81.6 Å². The first-order valence-corrected chi connectivity index (χ1v) is 10.1. The van der Waals surface area contributed by atoms with Crippen molar-refractivity contribution < 1.29 is 4.79 Å². The van der Waals surface area contributed by atoms with Gasteiger partial charge in [-0.25, -0.2) is 4.98 Å². The summed E-state index contributed by atoms with van der Waals surface area (Å²) >= 11 is 0. The van der Waals surface area contributed by atoms with Gasteiger partial charge in [0.05, 0.1) is 29.0 Å². The van der Waals surface area contributed by atoms with Crippen LogP contribution in [0.3, 0.4) is 0 Å². The van der Waals surface area contributed by atoms with Crippen molar-refractivity contribution in [3.05, 3.63) is 65.0 Å². The number of carbonyl (C=O) groups excluding carboxylic acids is 1. The molecule has 0 saturated carbocycles. The van der Waals surface area contributed by atoms with E-state index in [1.807, 2.05) is 24.3 Å². The van der Waals surface area contributed by atoms with E-state index >= 15 is 0 Å². The van der Waals surface area contributed by atoms with Gasteiger partial charge in [0.15, 0.2) is 0 Å². The summed E-state index contributed by atoms with van der Waals surface area (Å²) in [7, 11) is 0. The van der Waals surface area contributed by atoms with E-state index in [0.717, 1.165) is 41.4 Å². The van der Waals surface area contributed by atoms with Crippen molar-refractivity contribution in [2.75, 3.05) is 6.54 Å². The quantitative estimate of drug-likeness (QED) is 0.693. The van der Waals surface area contributed by atoms with Gasteiger partial charge in [0.25, 0.3) is 5.91 Å². The first-order chi connectivity index (χ1) is 13.9. The Morgan fingerprint density at radius 3 is 2.90 bits per heavy atom. The fourth-order valence-electron chi connectivity index (χ4n) is 4.68. The Morgan fingerprint density at radius 1 is 1.28 bits per heavy atom. The van der Waals surface area contributed by atoms with Gasteiger partial charge >= 0.3 is 0 Å². The zero-order valence-corrected chi connectivity index (χ0v) is 17.2. The number of aromatic amines is 1. The van der Waals surface area contributed by atoms with E-state index in [1.54, 1.807) is 12.4 Å². The molecule has 5 nitrogen and oxygen atoms in total. The standard InChI is InChI=1S/C24H26N4O/c1-23(2)10-9-16-5-4-6-18(14-25)21(16)24(23,3)11-12-26-22(29)17-7-8-19-20(13-17)28-15-27-19/h4-8,13,15H,9-12H2,1-3H3,(H,26,29)(H,27,28). The number of imidazole rings is 1. The smallest absolute Gasteiger partial charge is 0.251 e. The average molecular weight is 386 g/mol. The number of aromatic nitrogens is 2. The van der Waals surface area contributed by atoms with Crippen molar-refractivity contribution in [2.24, 2.45) is 5.41 Å². The second-order valence-corrected chi connectivity index (χ2v) is 8.81. The van der Waals surface area contributed by atoms with Crippen LogP contribution in [-0.4, -0.2) is 22.4 Å². The normalized spacial score (nSPS) is 20.1. The van der Waals surface area contributed by atoms with E-state index in [1.165, 1.54) is 5.56 Å². The fourth-order valence-corrected chi connectivity index (χ4v) is 4.68. The van der Waals surface area contributed by atoms with Crippen LogP contribution in [0, 0.1) is 16.7 Å². The molecule has 0 radical (unpaired) electrons. The number of rotatable bonds is 4. The van der Waals surface area contributed by atoms with Crippen LogP contribution < -0.4 is 5.32 Å². The SMILES string of the molecule is CC1(C)CCc2cccc(C#N)c2C1(C)CCNC(=O)c1ccc2[nH]cnc2c1. The molecule has 1 aliphatic rings. The monoisotopic (exact) mass is 386 g/mol. The number of benzene rings is 2. The molecule has 1 atom stereocenters. The van der Waals surface area contributed by atoms with Crippen LogP contribution in [0.1, 0.15) is 60.7 Å². The average Bonchev–Trinajstić information content (AvgIpc) is 3.18. The molecule has 2 aromatic carbocycles. The Balaban J connectivity index is 1.55. The van der Waals surface area contributed by atoms with Crippen LogP contribution in [0.5, 0.6) is 0 Å². The second-order valence-electron chi connectivity index (χ2n) is 8.81. The van der Waals surface area contributed by atoms with Gasteiger partial charge in [0.1, 0.15) is 0 Å². The lowest BCUT2D eigenvalue weighted by atomic mass is 9.54. The number of aryl methyl sites for hydroxylation is 1. The third-order valence-electron chi connectivity index (χ3n) is 6.93. The van der Waals surface area contributed by atoms with Gasteiger partial charge in [-0.2, -0.15) is 5.26 Å². The molecular formula is C24H26N4O. The van der Waals surface area contributed by atoms with Crippen molar-refractivity contribution in [3.8, 4) is 6.07 Å². The maximum absolute atomic E-state index is 12.7. The van der Waals surface area contributed by atoms with Gasteiger partial charge in [-0.15, -0.1) is 0 Å². The van der Waals surface area contributed by atoms with Crippen molar-refractivity contribution >= 4 is 16.9 Å². The Bertz CT molecular complexity index is 1120. The molecule has 29 heavy (non-hydrogen) atoms. The molecule has 1 unspecified atom stereocenters. The maximum Gasteiger partial charge on any atom is 0.251 e. The number of nitrogens with one attached hydrogen (secondary N) is 2. The zero-order valence-electron chi connectivity index (χ0n) is 17.2. The Morgan fingerprint density at radius 2 is 2.10 bits per heavy atom. The Labute approximate surface area is 171 Å². The molecule has 2 N–H and O–H groups in total. The van der Waals surface area contributed by atoms with Gasteiger partial charge in [0.2, 0.25) is 0 Å². The van der Waals surface area contributed by atoms with E-state index in [4.69, 9.17) is 0 Å². The molecule has 0 aliphatic heterocycles. The number of hydrogen-bond acceptors (Lipinski definition) is 3. The van der Waals surface area contributed by atoms with Crippen molar-refractivity contribution in [3.63, 3.8) is 0 Å². The van der Waals surface area contributed by atoms with Gasteiger partial charge in [-0.3, -0.25) is 4.79 Å². The summed E-state index contributed by atoms with van der Waals surface area (Å²) in [5.41, 5.74) is 5.33. The molecule has 4 rings (SSSR count). The number of hydrogen-bond donors (Lipinski definition) is 2. The molecule has 5 heteroatoms. The molecule has 1 aliphatic carbocycles. The fraction of sp³-hybridized carbons (Fsp3) is 0.375. The maximum atomic E-state index is 12.7. The lowest BCUT2D eigenvalue weighted by Gasteiger charge is -2.50. The molecule has 1 amide bonds. The van der Waals surface area contributed by atoms with Crippen LogP contribution in [0.15, 0.2) is 42.7 Å². The molecular weight excluding hydrogens is 360 g/mol. The van der Waals surface area contributed by atoms with Crippen molar-refractivity contribution in [1.82, 2.24) is 15.3 Å². The molecule has 0 fully saturated rings. The summed E-state index contributed by atoms with van der Waals surface area (Å²) in [6.07, 6.45) is 4.46. The minimum atomic E-state index is -0.188. The molecule has 0 bridgehead atoms. The van der Waals surface area contributed by atoms with Crippen LogP contribution in [-0.2, 0) is 11.8 Å². The summed E-state index contributed by atoms with van der Waals surface area (Å²) < 4.78 is 0. The number of amides is 1. The minimum Gasteiger partial charge on any atom is -0.352 e. The van der Waals surface area contributed by atoms with Gasteiger partial charge in [-0.05, 0) is 60.1 Å². The zero-order chi connectivity index (χ0) is 20.6. The number of nitriles is 1. The summed E-state index contributed by atoms with van der Waals surface area (Å²) in [5.74, 6) is -0.0964. The predicted molar refractivity (Wildman–Crippen MR) is 114 cm³/mol. The first-order valence-electron chi connectivity index (χ1n) is 10.1. The van der Waals surface area contributed by atoms with E-state index in [0.29, 0.717) is 12.1 Å². The third kappa shape index (κ3) is 3.19. The van der Waals surface area contributed by atoms with Crippen LogP contribution in [0.25, 0.3) is 11.0 Å². The predicted octanol–water partition coefficient (Wildman–Crippen LogP) is 4.48. The molecule has 0 spiro atoms. The minimum absolute atomic E-state index is 0.0334. The van der Waals surface area contributed by atoms with E-state index < -0.39 is 0 Å². The molecule has 1 aromatic heterocycles. The van der Waals surface area contributed by atoms with Gasteiger partial charge in [-0.1, -0.05) is 32.9 Å². The van der Waals surface area contributed by atoms with E-state index in [-0.39, 0.29) is 16.7 Å². The summed E-state index contributed by atoms with van der Waals surface area (Å²) in [4.78, 5) is 19.9. The Kier molecular flexibility index (Phi) is 4.66. The van der Waals surface area contributed by atoms with Crippen molar-refractivity contribution in [2.45, 2.75) is 45.4 Å². The highest BCUT2D eigenvalue weighted by atomic mass is 16.1. The highest BCUT2D eigenvalue weighted by Gasteiger charge is 2.46. The lowest BCUT2D eigenvalue weighted by molar-refractivity contribution is 0.0932. The van der Waals surface area contributed by atoms with E-state index in [9.17, 15) is 10.1 Å². The number of nitrogens with zero attached hydrogens (tertiary/aromatic N) is 2. The molecule has 1 heterocycles. The summed E-state index contributed by atoms with van der Waals surface area (Å²) in [6, 6.07) is 13.9. The van der Waals surface area contributed by atoms with Crippen LogP contribution >= 0.6 is 0 Å². The third-order valence-corrected chi connectivity index (χ3v) is 6.93. The first kappa shape index (κ1) is 19.2. The largest absolute Gasteiger partial charge is 0.352 e. The second kappa shape index (κ2) is 7.04. The summed E-state index contributed by atoms with van der Waals surface area (Å²) in [6.45, 7) is 7.35. The number of H-pyrrole nitrogens is 1. The Hall–Kier alpha value is -3.13. The molecule has 148 valence electrons. The van der Waals surface area contributed by atoms with Crippen molar-refractivity contribution in [1.29, 1.82) is 5.26 Å². The van der Waals surface area contributed by atoms with Gasteiger partial charge < -0.3 is 10.3 Å². The van der Waals surface area contributed by atoms with Gasteiger partial charge in [0, 0.05) is 17.5 Å². The molecule has 0 saturated heterocycles. The summed E-state index contributed by atoms with van der Waals surface area (Å²) in [5, 5.41) is 12.8. The number of fused-ring (bicyclic) bond motifs is 2.